The zero-order valence-corrected chi connectivity index (χ0v) is 44.1. The lowest BCUT2D eigenvalue weighted by molar-refractivity contribution is -0.154. The van der Waals surface area contributed by atoms with Crippen LogP contribution in [0.5, 0.6) is 0 Å². The van der Waals surface area contributed by atoms with Crippen molar-refractivity contribution in [1.29, 1.82) is 0 Å². The van der Waals surface area contributed by atoms with Crippen molar-refractivity contribution in [3.63, 3.8) is 0 Å². The number of nitrogens with zero attached hydrogens (tertiary/aromatic N) is 3. The molecule has 1 saturated heterocycles. The van der Waals surface area contributed by atoms with Crippen LogP contribution in [-0.4, -0.2) is 76.2 Å². The molecule has 2 N–H and O–H groups in total. The number of rotatable bonds is 20. The van der Waals surface area contributed by atoms with Gasteiger partial charge in [0.2, 0.25) is 6.61 Å². The standard InChI is InChI=1S/C63H51N5O9S2/c1-74-51(69)38-37-46-40-78-60-54(59(72)68(60)55(46)61(73)77-57(44-27-13-4-14-28-44)45-29-15-5-16-30-45)65-58(71)53(67-75-39-52(70)76-56(42-23-9-2-10-24-42)43-25-11-3-12-26-43)50-41-79-62(64-50)66-63(47-31-17-6-18-32-47,48-33-19-7-20-34-48)49-35-21-8-22-36-49/h2-38,41,54,56-57,60H,39-40H2,1H3,(H,64,66)(H,65,71)/b38-37-,67-53-/t54-,60-/m1/s1. The highest BCUT2D eigenvalue weighted by Crippen LogP contribution is 2.43. The van der Waals surface area contributed by atoms with E-state index < -0.39 is 65.5 Å². The smallest absolute Gasteiger partial charge is 0.356 e. The number of oxime groups is 1. The van der Waals surface area contributed by atoms with Gasteiger partial charge in [-0.2, -0.15) is 0 Å². The molecule has 0 radical (unpaired) electrons. The van der Waals surface area contributed by atoms with Crippen LogP contribution in [0.1, 0.15) is 56.8 Å². The first-order valence-electron chi connectivity index (χ1n) is 25.2. The number of benzene rings is 7. The van der Waals surface area contributed by atoms with Crippen LogP contribution in [0.15, 0.2) is 246 Å². The summed E-state index contributed by atoms with van der Waals surface area (Å²) in [6.45, 7) is -0.693. The number of anilines is 1. The van der Waals surface area contributed by atoms with E-state index in [9.17, 15) is 24.0 Å². The molecule has 0 spiro atoms. The van der Waals surface area contributed by atoms with Gasteiger partial charge in [0, 0.05) is 17.2 Å². The largest absolute Gasteiger partial charge is 0.466 e. The monoisotopic (exact) mass is 1090 g/mol. The van der Waals surface area contributed by atoms with E-state index in [4.69, 9.17) is 24.0 Å². The third-order valence-electron chi connectivity index (χ3n) is 13.2. The fourth-order valence-corrected chi connectivity index (χ4v) is 11.5. The molecule has 10 rings (SSSR count). The van der Waals surface area contributed by atoms with Crippen LogP contribution >= 0.6 is 23.1 Å². The molecule has 2 aliphatic rings. The topological polar surface area (TPSA) is 175 Å². The van der Waals surface area contributed by atoms with E-state index in [1.54, 1.807) is 5.38 Å². The number of allylic oxidation sites excluding steroid dienone is 1. The summed E-state index contributed by atoms with van der Waals surface area (Å²) in [5.41, 5.74) is 4.57. The minimum absolute atomic E-state index is 0.0695. The number of methoxy groups -OCH3 is 1. The molecule has 2 amide bonds. The highest BCUT2D eigenvalue weighted by molar-refractivity contribution is 8.00. The van der Waals surface area contributed by atoms with Crippen molar-refractivity contribution in [3.8, 4) is 0 Å². The second-order valence-corrected chi connectivity index (χ2v) is 20.1. The highest BCUT2D eigenvalue weighted by atomic mass is 32.2. The Morgan fingerprint density at radius 3 is 1.59 bits per heavy atom. The molecule has 0 bridgehead atoms. The van der Waals surface area contributed by atoms with Gasteiger partial charge in [-0.3, -0.25) is 14.5 Å². The summed E-state index contributed by atoms with van der Waals surface area (Å²) in [6.07, 6.45) is 0.965. The molecule has 2 atom stereocenters. The average molecular weight is 1090 g/mol. The minimum Gasteiger partial charge on any atom is -0.466 e. The lowest BCUT2D eigenvalue weighted by Crippen LogP contribution is -2.71. The predicted molar refractivity (Wildman–Crippen MR) is 302 cm³/mol. The van der Waals surface area contributed by atoms with Crippen LogP contribution in [0.4, 0.5) is 5.13 Å². The van der Waals surface area contributed by atoms with Crippen molar-refractivity contribution in [1.82, 2.24) is 15.2 Å². The molecule has 1 aromatic heterocycles. The van der Waals surface area contributed by atoms with Gasteiger partial charge in [0.25, 0.3) is 11.8 Å². The first-order chi connectivity index (χ1) is 38.7. The van der Waals surface area contributed by atoms with Gasteiger partial charge in [-0.25, -0.2) is 19.4 Å². The molecule has 14 nitrogen and oxygen atoms in total. The minimum atomic E-state index is -1.18. The summed E-state index contributed by atoms with van der Waals surface area (Å²) in [7, 11) is 1.23. The number of fused-ring (bicyclic) bond motifs is 1. The van der Waals surface area contributed by atoms with E-state index in [2.05, 4.69) is 15.8 Å². The van der Waals surface area contributed by atoms with Crippen LogP contribution in [0.3, 0.4) is 0 Å². The van der Waals surface area contributed by atoms with Gasteiger partial charge < -0.3 is 29.7 Å². The summed E-state index contributed by atoms with van der Waals surface area (Å²) in [5, 5.41) is 12.0. The molecule has 0 aliphatic carbocycles. The van der Waals surface area contributed by atoms with Crippen LogP contribution in [0.2, 0.25) is 0 Å². The normalized spacial score (nSPS) is 15.3. The lowest BCUT2D eigenvalue weighted by Gasteiger charge is -2.49. The Bertz CT molecular complexity index is 3340. The van der Waals surface area contributed by atoms with Gasteiger partial charge in [0.05, 0.1) is 7.11 Å². The second-order valence-electron chi connectivity index (χ2n) is 18.1. The van der Waals surface area contributed by atoms with Crippen molar-refractivity contribution < 1.29 is 43.0 Å². The number of ether oxygens (including phenoxy) is 3. The summed E-state index contributed by atoms with van der Waals surface area (Å²) < 4.78 is 17.1. The number of thioether (sulfide) groups is 1. The van der Waals surface area contributed by atoms with Gasteiger partial charge in [0.15, 0.2) is 23.1 Å². The maximum atomic E-state index is 14.9. The quantitative estimate of drug-likeness (QED) is 0.0141. The third kappa shape index (κ3) is 11.8. The third-order valence-corrected chi connectivity index (χ3v) is 15.3. The fraction of sp³-hybridized carbons (Fsp3) is 0.127. The molecule has 2 aliphatic heterocycles. The summed E-state index contributed by atoms with van der Waals surface area (Å²) in [5.74, 6) is -3.60. The fourth-order valence-electron chi connectivity index (χ4n) is 9.44. The molecule has 16 heteroatoms. The maximum absolute atomic E-state index is 14.9. The predicted octanol–water partition coefficient (Wildman–Crippen LogP) is 10.3. The van der Waals surface area contributed by atoms with Gasteiger partial charge in [0.1, 0.15) is 28.3 Å². The number of thiazole rings is 1. The molecule has 0 unspecified atom stereocenters. The maximum Gasteiger partial charge on any atom is 0.356 e. The second kappa shape index (κ2) is 24.7. The van der Waals surface area contributed by atoms with Crippen LogP contribution in [0.25, 0.3) is 0 Å². The summed E-state index contributed by atoms with van der Waals surface area (Å²) in [6, 6.07) is 65.5. The van der Waals surface area contributed by atoms with E-state index >= 15 is 0 Å². The molecule has 3 heterocycles. The van der Waals surface area contributed by atoms with Crippen LogP contribution in [-0.2, 0) is 48.6 Å². The lowest BCUT2D eigenvalue weighted by atomic mass is 9.77. The van der Waals surface area contributed by atoms with E-state index in [0.717, 1.165) is 27.8 Å². The number of nitrogens with one attached hydrogen (secondary N) is 2. The van der Waals surface area contributed by atoms with Crippen molar-refractivity contribution in [2.75, 3.05) is 24.8 Å². The van der Waals surface area contributed by atoms with Crippen molar-refractivity contribution >= 4 is 63.7 Å². The first kappa shape index (κ1) is 53.0. The van der Waals surface area contributed by atoms with Gasteiger partial charge in [-0.05, 0) is 50.6 Å². The molecule has 8 aromatic rings. The van der Waals surface area contributed by atoms with Gasteiger partial charge >= 0.3 is 17.9 Å². The average Bonchev–Trinajstić information content (AvgIpc) is 4.10. The summed E-state index contributed by atoms with van der Waals surface area (Å²) >= 11 is 2.48. The zero-order chi connectivity index (χ0) is 54.6. The number of β-lactam (4-membered cyclic amide) rings is 1. The molecular weight excluding hydrogens is 1030 g/mol. The van der Waals surface area contributed by atoms with Crippen molar-refractivity contribution in [2.24, 2.45) is 5.16 Å². The highest BCUT2D eigenvalue weighted by Gasteiger charge is 2.55. The zero-order valence-electron chi connectivity index (χ0n) is 42.5. The Hall–Kier alpha value is -9.38. The Kier molecular flexibility index (Phi) is 16.6. The number of carbonyl (C=O) groups is 5. The molecule has 79 heavy (non-hydrogen) atoms. The van der Waals surface area contributed by atoms with E-state index in [1.807, 2.05) is 212 Å². The number of carbonyl (C=O) groups excluding carboxylic acids is 5. The number of hydrogen-bond donors (Lipinski definition) is 2. The first-order valence-corrected chi connectivity index (χ1v) is 27.1. The SMILES string of the molecule is COC(=O)/C=C\C1=C(C(=O)OC(c2ccccc2)c2ccccc2)N2C(=O)[C@@H](NC(=O)/C(=N\OCC(=O)OC(c3ccccc3)c3ccccc3)c3csc(NC(c4ccccc4)(c4ccccc4)c4ccccc4)n3)[C@H]2SC1. The number of hydrogen-bond acceptors (Lipinski definition) is 14. The van der Waals surface area contributed by atoms with Crippen molar-refractivity contribution in [3.05, 3.63) is 286 Å². The van der Waals surface area contributed by atoms with E-state index in [-0.39, 0.29) is 22.9 Å². The van der Waals surface area contributed by atoms with Gasteiger partial charge in [-0.15, -0.1) is 23.1 Å². The molecule has 7 aromatic carbocycles. The Balaban J connectivity index is 0.963. The molecule has 394 valence electrons. The Morgan fingerprint density at radius 2 is 1.13 bits per heavy atom. The molecular formula is C63H51N5O9S2. The molecule has 1 fully saturated rings. The van der Waals surface area contributed by atoms with Crippen molar-refractivity contribution in [2.45, 2.75) is 29.2 Å². The number of aromatic nitrogens is 1. The number of amides is 2. The Labute approximate surface area is 464 Å². The van der Waals surface area contributed by atoms with Crippen LogP contribution in [0, 0.1) is 0 Å². The Morgan fingerprint density at radius 1 is 0.671 bits per heavy atom. The van der Waals surface area contributed by atoms with Crippen LogP contribution < -0.4 is 10.6 Å². The number of esters is 3. The molecule has 0 saturated carbocycles. The summed E-state index contributed by atoms with van der Waals surface area (Å²) in [4.78, 5) is 82.0. The van der Waals surface area contributed by atoms with Gasteiger partial charge in [-0.1, -0.05) is 217 Å². The van der Waals surface area contributed by atoms with E-state index in [1.165, 1.54) is 47.3 Å². The van der Waals surface area contributed by atoms with E-state index in [0.29, 0.717) is 21.8 Å².